The fourth-order valence-corrected chi connectivity index (χ4v) is 3.30. The first-order valence-electron chi connectivity index (χ1n) is 9.92. The van der Waals surface area contributed by atoms with Crippen molar-refractivity contribution in [2.75, 3.05) is 19.8 Å². The van der Waals surface area contributed by atoms with Gasteiger partial charge in [-0.15, -0.1) is 0 Å². The molecule has 0 saturated heterocycles. The number of benzene rings is 1. The number of fused-ring (bicyclic) bond motifs is 1. The molecule has 1 aromatic rings. The van der Waals surface area contributed by atoms with Crippen LogP contribution in [0.5, 0.6) is 5.75 Å². The van der Waals surface area contributed by atoms with Crippen molar-refractivity contribution < 1.29 is 14.6 Å². The summed E-state index contributed by atoms with van der Waals surface area (Å²) in [5.74, 6) is 1.12. The van der Waals surface area contributed by atoms with Crippen molar-refractivity contribution in [3.05, 3.63) is 29.3 Å². The van der Waals surface area contributed by atoms with Gasteiger partial charge >= 0.3 is 0 Å². The van der Waals surface area contributed by atoms with Crippen LogP contribution in [0.1, 0.15) is 68.9 Å². The number of nitrogens with one attached hydrogen (secondary N) is 1. The zero-order chi connectivity index (χ0) is 17.7. The van der Waals surface area contributed by atoms with E-state index in [-0.39, 0.29) is 12.5 Å². The lowest BCUT2D eigenvalue weighted by Crippen LogP contribution is -2.24. The van der Waals surface area contributed by atoms with Crippen LogP contribution in [0, 0.1) is 0 Å². The largest absolute Gasteiger partial charge is 0.494 e. The van der Waals surface area contributed by atoms with Gasteiger partial charge in [0.2, 0.25) is 5.91 Å². The average Bonchev–Trinajstić information content (AvgIpc) is 2.64. The average molecular weight is 347 g/mol. The van der Waals surface area contributed by atoms with Gasteiger partial charge in [0.25, 0.3) is 0 Å². The molecule has 4 heteroatoms. The molecule has 2 rings (SSSR count). The number of aryl methyl sites for hydroxylation is 2. The molecule has 2 N–H and O–H groups in total. The van der Waals surface area contributed by atoms with Crippen LogP contribution in [0.15, 0.2) is 18.2 Å². The number of unbranched alkanes of at least 4 members (excludes halogenated alkanes) is 4. The van der Waals surface area contributed by atoms with Crippen molar-refractivity contribution in [3.63, 3.8) is 0 Å². The second-order valence-electron chi connectivity index (χ2n) is 6.93. The summed E-state index contributed by atoms with van der Waals surface area (Å²) in [6, 6.07) is 6.57. The van der Waals surface area contributed by atoms with Gasteiger partial charge in [-0.1, -0.05) is 25.3 Å². The van der Waals surface area contributed by atoms with Crippen LogP contribution in [-0.2, 0) is 17.6 Å². The number of ether oxygens (including phenoxy) is 1. The van der Waals surface area contributed by atoms with Crippen LogP contribution in [0.25, 0.3) is 0 Å². The van der Waals surface area contributed by atoms with E-state index in [1.807, 2.05) is 0 Å². The molecule has 0 heterocycles. The van der Waals surface area contributed by atoms with Crippen molar-refractivity contribution in [2.45, 2.75) is 70.6 Å². The normalized spacial score (nSPS) is 13.3. The van der Waals surface area contributed by atoms with Crippen LogP contribution >= 0.6 is 0 Å². The predicted octanol–water partition coefficient (Wildman–Crippen LogP) is 3.78. The Kier molecular flexibility index (Phi) is 9.42. The van der Waals surface area contributed by atoms with E-state index in [0.29, 0.717) is 19.4 Å². The number of hydrogen-bond acceptors (Lipinski definition) is 3. The van der Waals surface area contributed by atoms with Crippen molar-refractivity contribution in [2.24, 2.45) is 0 Å². The SMILES string of the molecule is O=C(CCCCCCCOc1ccc2c(c1)CCCC2)NCCCO. The molecular formula is C21H33NO3. The molecule has 0 aliphatic heterocycles. The minimum atomic E-state index is 0.101. The summed E-state index contributed by atoms with van der Waals surface area (Å²) in [6.07, 6.45) is 11.7. The van der Waals surface area contributed by atoms with Crippen molar-refractivity contribution in [3.8, 4) is 5.75 Å². The quantitative estimate of drug-likeness (QED) is 0.566. The number of hydrogen-bond donors (Lipinski definition) is 2. The Morgan fingerprint density at radius 1 is 1.00 bits per heavy atom. The van der Waals surface area contributed by atoms with Gasteiger partial charge < -0.3 is 15.2 Å². The van der Waals surface area contributed by atoms with E-state index in [2.05, 4.69) is 23.5 Å². The molecular weight excluding hydrogens is 314 g/mol. The van der Waals surface area contributed by atoms with Gasteiger partial charge in [-0.05, 0) is 68.2 Å². The Morgan fingerprint density at radius 2 is 1.76 bits per heavy atom. The molecule has 0 fully saturated rings. The first kappa shape index (κ1) is 19.8. The highest BCUT2D eigenvalue weighted by Crippen LogP contribution is 2.25. The molecule has 1 aliphatic carbocycles. The number of aliphatic hydroxyl groups excluding tert-OH is 1. The number of carbonyl (C=O) groups is 1. The van der Waals surface area contributed by atoms with E-state index in [4.69, 9.17) is 9.84 Å². The zero-order valence-electron chi connectivity index (χ0n) is 15.4. The van der Waals surface area contributed by atoms with Crippen molar-refractivity contribution in [1.29, 1.82) is 0 Å². The highest BCUT2D eigenvalue weighted by Gasteiger charge is 2.09. The summed E-state index contributed by atoms with van der Waals surface area (Å²) in [7, 11) is 0. The second-order valence-corrected chi connectivity index (χ2v) is 6.93. The molecule has 0 unspecified atom stereocenters. The van der Waals surface area contributed by atoms with Gasteiger partial charge in [-0.3, -0.25) is 4.79 Å². The van der Waals surface area contributed by atoms with E-state index < -0.39 is 0 Å². The van der Waals surface area contributed by atoms with Crippen LogP contribution < -0.4 is 10.1 Å². The van der Waals surface area contributed by atoms with Crippen LogP contribution in [0.2, 0.25) is 0 Å². The van der Waals surface area contributed by atoms with Gasteiger partial charge in [0.15, 0.2) is 0 Å². The van der Waals surface area contributed by atoms with Crippen LogP contribution in [-0.4, -0.2) is 30.8 Å². The molecule has 25 heavy (non-hydrogen) atoms. The highest BCUT2D eigenvalue weighted by atomic mass is 16.5. The lowest BCUT2D eigenvalue weighted by Gasteiger charge is -2.16. The first-order valence-corrected chi connectivity index (χ1v) is 9.92. The van der Waals surface area contributed by atoms with Gasteiger partial charge in [-0.2, -0.15) is 0 Å². The summed E-state index contributed by atoms with van der Waals surface area (Å²) in [4.78, 5) is 11.5. The number of aliphatic hydroxyl groups is 1. The summed E-state index contributed by atoms with van der Waals surface area (Å²) < 4.78 is 5.89. The first-order chi connectivity index (χ1) is 12.3. The highest BCUT2D eigenvalue weighted by molar-refractivity contribution is 5.75. The summed E-state index contributed by atoms with van der Waals surface area (Å²) in [5.41, 5.74) is 2.97. The summed E-state index contributed by atoms with van der Waals surface area (Å²) >= 11 is 0. The Labute approximate surface area is 152 Å². The monoisotopic (exact) mass is 347 g/mol. The fourth-order valence-electron chi connectivity index (χ4n) is 3.30. The molecule has 0 atom stereocenters. The van der Waals surface area contributed by atoms with Crippen molar-refractivity contribution in [1.82, 2.24) is 5.32 Å². The van der Waals surface area contributed by atoms with E-state index in [9.17, 15) is 4.79 Å². The maximum Gasteiger partial charge on any atom is 0.219 e. The van der Waals surface area contributed by atoms with E-state index in [1.165, 1.54) is 36.8 Å². The Hall–Kier alpha value is -1.55. The van der Waals surface area contributed by atoms with E-state index in [1.54, 1.807) is 0 Å². The predicted molar refractivity (Wildman–Crippen MR) is 101 cm³/mol. The van der Waals surface area contributed by atoms with Gasteiger partial charge in [0, 0.05) is 19.6 Å². The number of amides is 1. The molecule has 4 nitrogen and oxygen atoms in total. The Morgan fingerprint density at radius 3 is 2.60 bits per heavy atom. The van der Waals surface area contributed by atoms with Crippen molar-refractivity contribution >= 4 is 5.91 Å². The smallest absolute Gasteiger partial charge is 0.219 e. The molecule has 0 radical (unpaired) electrons. The standard InChI is InChI=1S/C21H33NO3/c23-15-8-14-22-21(24)11-4-2-1-3-7-16-25-20-13-12-18-9-5-6-10-19(18)17-20/h12-13,17,23H,1-11,14-16H2,(H,22,24). The topological polar surface area (TPSA) is 58.6 Å². The van der Waals surface area contributed by atoms with Crippen LogP contribution in [0.4, 0.5) is 0 Å². The molecule has 0 spiro atoms. The maximum absolute atomic E-state index is 11.5. The van der Waals surface area contributed by atoms with E-state index >= 15 is 0 Å². The second kappa shape index (κ2) is 11.9. The third-order valence-electron chi connectivity index (χ3n) is 4.79. The third kappa shape index (κ3) is 7.91. The molecule has 0 aromatic heterocycles. The number of carbonyl (C=O) groups excluding carboxylic acids is 1. The Bertz CT molecular complexity index is 516. The lowest BCUT2D eigenvalue weighted by atomic mass is 9.92. The maximum atomic E-state index is 11.5. The Balaban J connectivity index is 1.46. The van der Waals surface area contributed by atoms with Crippen LogP contribution in [0.3, 0.4) is 0 Å². The summed E-state index contributed by atoms with van der Waals surface area (Å²) in [6.45, 7) is 1.49. The molecule has 1 aliphatic rings. The molecule has 0 saturated carbocycles. The van der Waals surface area contributed by atoms with Gasteiger partial charge in [0.05, 0.1) is 6.61 Å². The molecule has 1 amide bonds. The molecule has 140 valence electrons. The fraction of sp³-hybridized carbons (Fsp3) is 0.667. The summed E-state index contributed by atoms with van der Waals surface area (Å²) in [5, 5.41) is 11.5. The minimum absolute atomic E-state index is 0.101. The zero-order valence-corrected chi connectivity index (χ0v) is 15.4. The molecule has 0 bridgehead atoms. The lowest BCUT2D eigenvalue weighted by molar-refractivity contribution is -0.121. The molecule has 1 aromatic carbocycles. The third-order valence-corrected chi connectivity index (χ3v) is 4.79. The van der Waals surface area contributed by atoms with Gasteiger partial charge in [-0.25, -0.2) is 0 Å². The van der Waals surface area contributed by atoms with E-state index in [0.717, 1.165) is 44.5 Å². The number of rotatable bonds is 12. The van der Waals surface area contributed by atoms with Gasteiger partial charge in [0.1, 0.15) is 5.75 Å². The minimum Gasteiger partial charge on any atom is -0.494 e.